The molecule has 5 heteroatoms. The van der Waals surface area contributed by atoms with Crippen molar-refractivity contribution < 1.29 is 9.13 Å². The molecule has 0 amide bonds. The highest BCUT2D eigenvalue weighted by Gasteiger charge is 2.13. The number of methoxy groups -OCH3 is 1. The number of benzene rings is 1. The van der Waals surface area contributed by atoms with Gasteiger partial charge in [-0.25, -0.2) is 4.39 Å². The van der Waals surface area contributed by atoms with Crippen LogP contribution in [0.5, 0.6) is 5.75 Å². The number of halogens is 2. The third kappa shape index (κ3) is 3.55. The van der Waals surface area contributed by atoms with E-state index in [0.29, 0.717) is 5.75 Å². The molecule has 1 aromatic carbocycles. The van der Waals surface area contributed by atoms with Crippen LogP contribution in [0.25, 0.3) is 0 Å². The fourth-order valence-electron chi connectivity index (χ4n) is 1.85. The van der Waals surface area contributed by atoms with Gasteiger partial charge in [0, 0.05) is 27.5 Å². The molecule has 0 spiro atoms. The number of ether oxygens (including phenoxy) is 1. The van der Waals surface area contributed by atoms with E-state index in [4.69, 9.17) is 4.74 Å². The van der Waals surface area contributed by atoms with Crippen molar-refractivity contribution in [1.29, 1.82) is 0 Å². The molecule has 0 bridgehead atoms. The van der Waals surface area contributed by atoms with Crippen LogP contribution in [0.15, 0.2) is 34.1 Å². The summed E-state index contributed by atoms with van der Waals surface area (Å²) in [5.41, 5.74) is 0.829. The Morgan fingerprint density at radius 3 is 2.84 bits per heavy atom. The minimum absolute atomic E-state index is 0.0136. The second kappa shape index (κ2) is 6.50. The number of hydrogen-bond acceptors (Lipinski definition) is 3. The molecule has 2 aromatic rings. The topological polar surface area (TPSA) is 21.3 Å². The van der Waals surface area contributed by atoms with Crippen LogP contribution >= 0.6 is 27.3 Å². The fourth-order valence-corrected chi connectivity index (χ4v) is 3.29. The van der Waals surface area contributed by atoms with Crippen LogP contribution in [-0.2, 0) is 6.54 Å². The summed E-state index contributed by atoms with van der Waals surface area (Å²) >= 11 is 5.18. The third-order valence-electron chi connectivity index (χ3n) is 2.92. The van der Waals surface area contributed by atoms with Gasteiger partial charge >= 0.3 is 0 Å². The van der Waals surface area contributed by atoms with Crippen molar-refractivity contribution in [3.05, 3.63) is 50.4 Å². The lowest BCUT2D eigenvalue weighted by molar-refractivity contribution is 0.400. The second-order valence-electron chi connectivity index (χ2n) is 4.18. The van der Waals surface area contributed by atoms with Crippen LogP contribution in [0.1, 0.15) is 23.4 Å². The molecular formula is C14H15BrFNOS. The van der Waals surface area contributed by atoms with Crippen LogP contribution in [0.2, 0.25) is 0 Å². The predicted molar refractivity (Wildman–Crippen MR) is 80.2 cm³/mol. The van der Waals surface area contributed by atoms with Gasteiger partial charge in [-0.2, -0.15) is 0 Å². The molecule has 0 saturated heterocycles. The van der Waals surface area contributed by atoms with Crippen LogP contribution < -0.4 is 10.1 Å². The monoisotopic (exact) mass is 343 g/mol. The molecule has 1 atom stereocenters. The molecule has 0 aliphatic heterocycles. The van der Waals surface area contributed by atoms with Gasteiger partial charge in [0.1, 0.15) is 11.6 Å². The van der Waals surface area contributed by atoms with Gasteiger partial charge in [-0.15, -0.1) is 11.3 Å². The Hall–Kier alpha value is -0.910. The number of nitrogens with one attached hydrogen (secondary N) is 1. The van der Waals surface area contributed by atoms with Gasteiger partial charge in [0.2, 0.25) is 0 Å². The zero-order chi connectivity index (χ0) is 13.8. The second-order valence-corrected chi connectivity index (χ2v) is 6.04. The molecule has 0 aliphatic carbocycles. The van der Waals surface area contributed by atoms with Crippen molar-refractivity contribution in [3.63, 3.8) is 0 Å². The quantitative estimate of drug-likeness (QED) is 0.862. The minimum atomic E-state index is -0.248. The smallest absolute Gasteiger partial charge is 0.123 e. The Bertz CT molecular complexity index is 558. The van der Waals surface area contributed by atoms with Gasteiger partial charge in [-0.1, -0.05) is 0 Å². The van der Waals surface area contributed by atoms with Gasteiger partial charge in [-0.3, -0.25) is 0 Å². The zero-order valence-electron chi connectivity index (χ0n) is 10.7. The minimum Gasteiger partial charge on any atom is -0.496 e. The molecule has 2 rings (SSSR count). The van der Waals surface area contributed by atoms with E-state index in [1.807, 2.05) is 18.4 Å². The van der Waals surface area contributed by atoms with Crippen molar-refractivity contribution in [3.8, 4) is 5.75 Å². The normalized spacial score (nSPS) is 12.4. The highest BCUT2D eigenvalue weighted by molar-refractivity contribution is 9.10. The van der Waals surface area contributed by atoms with E-state index >= 15 is 0 Å². The van der Waals surface area contributed by atoms with E-state index < -0.39 is 0 Å². The maximum absolute atomic E-state index is 13.3. The SMILES string of the molecule is COc1ccc(F)cc1C(C)NCc1sccc1Br. The number of rotatable bonds is 5. The largest absolute Gasteiger partial charge is 0.496 e. The summed E-state index contributed by atoms with van der Waals surface area (Å²) in [5, 5.41) is 5.41. The lowest BCUT2D eigenvalue weighted by Crippen LogP contribution is -2.18. The van der Waals surface area contributed by atoms with Gasteiger partial charge in [0.15, 0.2) is 0 Å². The van der Waals surface area contributed by atoms with E-state index in [2.05, 4.69) is 21.2 Å². The Morgan fingerprint density at radius 2 is 2.21 bits per heavy atom. The summed E-state index contributed by atoms with van der Waals surface area (Å²) in [6.07, 6.45) is 0. The van der Waals surface area contributed by atoms with Crippen molar-refractivity contribution in [1.82, 2.24) is 5.32 Å². The maximum Gasteiger partial charge on any atom is 0.123 e. The number of thiophene rings is 1. The summed E-state index contributed by atoms with van der Waals surface area (Å²) in [5.74, 6) is 0.452. The molecule has 1 heterocycles. The molecule has 1 unspecified atom stereocenters. The van der Waals surface area contributed by atoms with Crippen molar-refractivity contribution in [2.45, 2.75) is 19.5 Å². The van der Waals surface area contributed by atoms with Crippen molar-refractivity contribution >= 4 is 27.3 Å². The molecule has 1 aromatic heterocycles. The Kier molecular flexibility index (Phi) is 4.96. The molecule has 19 heavy (non-hydrogen) atoms. The molecule has 1 N–H and O–H groups in total. The molecule has 0 aliphatic rings. The average Bonchev–Trinajstić information content (AvgIpc) is 2.81. The van der Waals surface area contributed by atoms with E-state index in [-0.39, 0.29) is 11.9 Å². The van der Waals surface area contributed by atoms with Crippen LogP contribution in [0, 0.1) is 5.82 Å². The summed E-state index contributed by atoms with van der Waals surface area (Å²) in [7, 11) is 1.60. The number of hydrogen-bond donors (Lipinski definition) is 1. The van der Waals surface area contributed by atoms with Crippen molar-refractivity contribution in [2.24, 2.45) is 0 Å². The predicted octanol–water partition coefficient (Wildman–Crippen LogP) is 4.51. The molecule has 0 saturated carbocycles. The van der Waals surface area contributed by atoms with Crippen LogP contribution in [0.3, 0.4) is 0 Å². The first-order valence-electron chi connectivity index (χ1n) is 5.90. The van der Waals surface area contributed by atoms with Gasteiger partial charge in [-0.05, 0) is 52.5 Å². The molecule has 0 fully saturated rings. The summed E-state index contributed by atoms with van der Waals surface area (Å²) in [6.45, 7) is 2.73. The Morgan fingerprint density at radius 1 is 1.42 bits per heavy atom. The first-order chi connectivity index (χ1) is 9.11. The summed E-state index contributed by atoms with van der Waals surface area (Å²) in [4.78, 5) is 1.22. The van der Waals surface area contributed by atoms with E-state index in [1.54, 1.807) is 24.5 Å². The molecular weight excluding hydrogens is 329 g/mol. The fraction of sp³-hybridized carbons (Fsp3) is 0.286. The molecule has 0 radical (unpaired) electrons. The summed E-state index contributed by atoms with van der Waals surface area (Å²) < 4.78 is 19.7. The standard InChI is InChI=1S/C14H15BrFNOS/c1-9(17-8-14-12(15)5-6-19-14)11-7-10(16)3-4-13(11)18-2/h3-7,9,17H,8H2,1-2H3. The van der Waals surface area contributed by atoms with E-state index in [0.717, 1.165) is 16.6 Å². The first kappa shape index (κ1) is 14.5. The molecule has 2 nitrogen and oxygen atoms in total. The first-order valence-corrected chi connectivity index (χ1v) is 7.57. The van der Waals surface area contributed by atoms with Gasteiger partial charge in [0.05, 0.1) is 7.11 Å². The van der Waals surface area contributed by atoms with Crippen LogP contribution in [-0.4, -0.2) is 7.11 Å². The van der Waals surface area contributed by atoms with Crippen LogP contribution in [0.4, 0.5) is 4.39 Å². The van der Waals surface area contributed by atoms with Gasteiger partial charge < -0.3 is 10.1 Å². The highest BCUT2D eigenvalue weighted by Crippen LogP contribution is 2.27. The summed E-state index contributed by atoms with van der Waals surface area (Å²) in [6, 6.07) is 6.61. The Labute approximate surface area is 124 Å². The highest BCUT2D eigenvalue weighted by atomic mass is 79.9. The van der Waals surface area contributed by atoms with E-state index in [1.165, 1.54) is 17.0 Å². The molecule has 102 valence electrons. The average molecular weight is 344 g/mol. The van der Waals surface area contributed by atoms with Gasteiger partial charge in [0.25, 0.3) is 0 Å². The lowest BCUT2D eigenvalue weighted by atomic mass is 10.1. The van der Waals surface area contributed by atoms with Crippen molar-refractivity contribution in [2.75, 3.05) is 7.11 Å². The van der Waals surface area contributed by atoms with E-state index in [9.17, 15) is 4.39 Å². The maximum atomic E-state index is 13.3. The zero-order valence-corrected chi connectivity index (χ0v) is 13.1. The Balaban J connectivity index is 2.09. The lowest BCUT2D eigenvalue weighted by Gasteiger charge is -2.17. The third-order valence-corrected chi connectivity index (χ3v) is 4.84.